The minimum absolute atomic E-state index is 0.162. The molecule has 0 aromatic carbocycles. The second-order valence-corrected chi connectivity index (χ2v) is 23.2. The molecule has 0 spiro atoms. The van der Waals surface area contributed by atoms with Crippen LogP contribution < -0.4 is 5.32 Å². The summed E-state index contributed by atoms with van der Waals surface area (Å²) >= 11 is 0. The molecule has 1 amide bonds. The van der Waals surface area contributed by atoms with Gasteiger partial charge in [-0.2, -0.15) is 0 Å². The van der Waals surface area contributed by atoms with Crippen LogP contribution in [0.25, 0.3) is 0 Å². The Hall–Kier alpha value is -2.77. The summed E-state index contributed by atoms with van der Waals surface area (Å²) in [5, 5.41) is 120. The molecular formula is C66H115NO18. The van der Waals surface area contributed by atoms with Gasteiger partial charge in [0.2, 0.25) is 5.91 Å². The van der Waals surface area contributed by atoms with E-state index in [0.717, 1.165) is 57.8 Å². The van der Waals surface area contributed by atoms with E-state index in [1.54, 1.807) is 6.08 Å². The number of hydrogen-bond donors (Lipinski definition) is 12. The highest BCUT2D eigenvalue weighted by Crippen LogP contribution is 2.33. The molecule has 3 fully saturated rings. The van der Waals surface area contributed by atoms with Gasteiger partial charge in [-0.3, -0.25) is 4.79 Å². The summed E-state index contributed by atoms with van der Waals surface area (Å²) in [5.41, 5.74) is 0. The predicted octanol–water partition coefficient (Wildman–Crippen LogP) is 7.38. The molecule has 19 nitrogen and oxygen atoms in total. The minimum Gasteiger partial charge on any atom is -0.394 e. The van der Waals surface area contributed by atoms with Crippen LogP contribution in [0.4, 0.5) is 0 Å². The van der Waals surface area contributed by atoms with Crippen molar-refractivity contribution in [2.45, 2.75) is 311 Å². The molecule has 0 bridgehead atoms. The fourth-order valence-electron chi connectivity index (χ4n) is 10.7. The zero-order chi connectivity index (χ0) is 61.9. The molecule has 3 aliphatic rings. The third kappa shape index (κ3) is 31.0. The number of aliphatic hydroxyl groups excluding tert-OH is 11. The normalized spacial score (nSPS) is 29.4. The van der Waals surface area contributed by atoms with Gasteiger partial charge in [0.25, 0.3) is 0 Å². The van der Waals surface area contributed by atoms with Crippen LogP contribution in [-0.2, 0) is 33.2 Å². The number of allylic oxidation sites excluding steroid dienone is 11. The Kier molecular flexibility index (Phi) is 43.3. The minimum atomic E-state index is -1.99. The molecule has 492 valence electrons. The first-order valence-electron chi connectivity index (χ1n) is 32.7. The lowest BCUT2D eigenvalue weighted by molar-refractivity contribution is -0.379. The summed E-state index contributed by atoms with van der Waals surface area (Å²) in [5.74, 6) is -0.333. The summed E-state index contributed by atoms with van der Waals surface area (Å²) in [7, 11) is 0. The second-order valence-electron chi connectivity index (χ2n) is 23.2. The molecule has 17 atom stereocenters. The van der Waals surface area contributed by atoms with Gasteiger partial charge in [-0.1, -0.05) is 215 Å². The van der Waals surface area contributed by atoms with Crippen LogP contribution in [0.1, 0.15) is 206 Å². The van der Waals surface area contributed by atoms with Crippen molar-refractivity contribution in [1.82, 2.24) is 5.32 Å². The monoisotopic (exact) mass is 1210 g/mol. The fourth-order valence-corrected chi connectivity index (χ4v) is 10.7. The first kappa shape index (κ1) is 76.5. The van der Waals surface area contributed by atoms with Crippen molar-refractivity contribution in [2.75, 3.05) is 26.4 Å². The third-order valence-electron chi connectivity index (χ3n) is 16.0. The quantitative estimate of drug-likeness (QED) is 0.0209. The molecule has 0 saturated carbocycles. The molecule has 85 heavy (non-hydrogen) atoms. The lowest BCUT2D eigenvalue weighted by atomic mass is 9.96. The van der Waals surface area contributed by atoms with Crippen LogP contribution in [0.2, 0.25) is 0 Å². The molecule has 12 N–H and O–H groups in total. The molecule has 0 aliphatic carbocycles. The molecule has 3 aliphatic heterocycles. The van der Waals surface area contributed by atoms with E-state index in [1.807, 2.05) is 12.2 Å². The highest BCUT2D eigenvalue weighted by Gasteiger charge is 2.53. The zero-order valence-electron chi connectivity index (χ0n) is 51.6. The van der Waals surface area contributed by atoms with Gasteiger partial charge in [0.15, 0.2) is 18.9 Å². The van der Waals surface area contributed by atoms with Gasteiger partial charge in [0, 0.05) is 6.42 Å². The van der Waals surface area contributed by atoms with Gasteiger partial charge in [-0.15, -0.1) is 0 Å². The Labute approximate surface area is 508 Å². The Bertz CT molecular complexity index is 1830. The van der Waals surface area contributed by atoms with Crippen LogP contribution in [0.3, 0.4) is 0 Å². The van der Waals surface area contributed by atoms with Crippen molar-refractivity contribution in [3.8, 4) is 0 Å². The van der Waals surface area contributed by atoms with Gasteiger partial charge in [-0.05, 0) is 57.8 Å². The Morgan fingerprint density at radius 2 is 0.812 bits per heavy atom. The standard InChI is InChI=1S/C66H115NO18/c1-3-5-7-9-11-13-15-17-19-21-22-23-24-25-26-28-29-31-33-35-37-39-41-43-50(71)49(67-54(72)44-42-40-38-36-34-32-30-27-20-18-16-14-12-10-8-6-4-2)48-80-64-60(78)57(75)62(52(46-69)82-64)85-66-61(79)58(76)63(53(47-70)83-66)84-65-59(77)56(74)55(73)51(45-68)81-65/h6,8,12,14,18,20,30,32,36,38,41,43,49-53,55-66,68-71,73-79H,3-5,7,9-11,13,15-17,19,21-29,31,33-35,37,39-40,42,44-48H2,1-2H3,(H,67,72)/b8-6-,14-12-,20-18-,32-30-,38-36-,43-41+. The van der Waals surface area contributed by atoms with E-state index in [1.165, 1.54) is 116 Å². The maximum Gasteiger partial charge on any atom is 0.220 e. The molecule has 17 unspecified atom stereocenters. The van der Waals surface area contributed by atoms with Gasteiger partial charge in [0.1, 0.15) is 73.2 Å². The van der Waals surface area contributed by atoms with E-state index in [9.17, 15) is 61.0 Å². The average Bonchev–Trinajstić information content (AvgIpc) is 3.10. The van der Waals surface area contributed by atoms with Crippen LogP contribution in [-0.4, -0.2) is 193 Å². The van der Waals surface area contributed by atoms with Gasteiger partial charge >= 0.3 is 0 Å². The summed E-state index contributed by atoms with van der Waals surface area (Å²) in [6.07, 6.45) is 31.7. The van der Waals surface area contributed by atoms with Crippen LogP contribution in [0, 0.1) is 0 Å². The number of ether oxygens (including phenoxy) is 6. The first-order chi connectivity index (χ1) is 41.3. The number of unbranched alkanes of at least 4 members (excludes halogenated alkanes) is 22. The molecule has 19 heteroatoms. The lowest BCUT2D eigenvalue weighted by Gasteiger charge is -2.48. The maximum absolute atomic E-state index is 13.3. The van der Waals surface area contributed by atoms with Gasteiger partial charge in [0.05, 0.1) is 38.6 Å². The average molecular weight is 1210 g/mol. The molecule has 3 saturated heterocycles. The number of nitrogens with one attached hydrogen (secondary N) is 1. The van der Waals surface area contributed by atoms with Crippen LogP contribution >= 0.6 is 0 Å². The van der Waals surface area contributed by atoms with Crippen molar-refractivity contribution < 1.29 is 89.4 Å². The summed E-state index contributed by atoms with van der Waals surface area (Å²) < 4.78 is 34.3. The van der Waals surface area contributed by atoms with Gasteiger partial charge in [-0.25, -0.2) is 0 Å². The van der Waals surface area contributed by atoms with Crippen LogP contribution in [0.5, 0.6) is 0 Å². The topological polar surface area (TPSA) is 307 Å². The Balaban J connectivity index is 1.49. The maximum atomic E-state index is 13.3. The van der Waals surface area contributed by atoms with Gasteiger partial charge < -0.3 is 89.9 Å². The van der Waals surface area contributed by atoms with Crippen molar-refractivity contribution in [1.29, 1.82) is 0 Å². The molecule has 0 aromatic heterocycles. The van der Waals surface area contributed by atoms with Crippen LogP contribution in [0.15, 0.2) is 72.9 Å². The highest BCUT2D eigenvalue weighted by molar-refractivity contribution is 5.76. The zero-order valence-corrected chi connectivity index (χ0v) is 51.6. The summed E-state index contributed by atoms with van der Waals surface area (Å²) in [4.78, 5) is 13.3. The number of carbonyl (C=O) groups is 1. The number of carbonyl (C=O) groups excluding carboxylic acids is 1. The first-order valence-corrected chi connectivity index (χ1v) is 32.7. The number of hydrogen-bond acceptors (Lipinski definition) is 18. The fraction of sp³-hybridized carbons (Fsp3) is 0.803. The molecular weight excluding hydrogens is 1090 g/mol. The van der Waals surface area contributed by atoms with Crippen molar-refractivity contribution >= 4 is 5.91 Å². The highest BCUT2D eigenvalue weighted by atomic mass is 16.8. The SMILES string of the molecule is CC/C=C\C/C=C\C/C=C\C/C=C\C/C=C\CCCC(=O)NC(COC1OC(CO)C(OC2OC(CO)C(OC3OC(CO)C(O)C(O)C3O)C(O)C2O)C(O)C1O)C(O)/C=C/CCCCCCCCCCCCCCCCCCCCCCC. The van der Waals surface area contributed by atoms with E-state index >= 15 is 0 Å². The number of rotatable bonds is 48. The number of aliphatic hydroxyl groups is 11. The van der Waals surface area contributed by atoms with E-state index < -0.39 is 124 Å². The largest absolute Gasteiger partial charge is 0.394 e. The lowest BCUT2D eigenvalue weighted by Crippen LogP contribution is -2.66. The molecule has 3 rings (SSSR count). The smallest absolute Gasteiger partial charge is 0.220 e. The van der Waals surface area contributed by atoms with Crippen molar-refractivity contribution in [3.05, 3.63) is 72.9 Å². The molecule has 0 aromatic rings. The molecule has 0 radical (unpaired) electrons. The van der Waals surface area contributed by atoms with Crippen molar-refractivity contribution in [3.63, 3.8) is 0 Å². The van der Waals surface area contributed by atoms with E-state index in [0.29, 0.717) is 12.8 Å². The van der Waals surface area contributed by atoms with E-state index in [2.05, 4.69) is 73.8 Å². The summed E-state index contributed by atoms with van der Waals surface area (Å²) in [6.45, 7) is 1.57. The van der Waals surface area contributed by atoms with Crippen molar-refractivity contribution in [2.24, 2.45) is 0 Å². The predicted molar refractivity (Wildman–Crippen MR) is 328 cm³/mol. The molecule has 3 heterocycles. The second kappa shape index (κ2) is 48.1. The Morgan fingerprint density at radius 3 is 1.26 bits per heavy atom. The van der Waals surface area contributed by atoms with E-state index in [4.69, 9.17) is 28.4 Å². The number of amides is 1. The third-order valence-corrected chi connectivity index (χ3v) is 16.0. The van der Waals surface area contributed by atoms with E-state index in [-0.39, 0.29) is 18.9 Å². The Morgan fingerprint density at radius 1 is 0.435 bits per heavy atom. The summed E-state index contributed by atoms with van der Waals surface area (Å²) in [6, 6.07) is -1.01.